The van der Waals surface area contributed by atoms with Crippen molar-refractivity contribution in [3.63, 3.8) is 0 Å². The van der Waals surface area contributed by atoms with Crippen LogP contribution in [0.15, 0.2) is 86.5 Å². The predicted molar refractivity (Wildman–Crippen MR) is 152 cm³/mol. The summed E-state index contributed by atoms with van der Waals surface area (Å²) in [6.45, 7) is 3.55. The van der Waals surface area contributed by atoms with E-state index in [4.69, 9.17) is 14.2 Å². The zero-order chi connectivity index (χ0) is 26.2. The first kappa shape index (κ1) is 26.5. The Morgan fingerprint density at radius 2 is 1.89 bits per heavy atom. The predicted octanol–water partition coefficient (Wildman–Crippen LogP) is 7.65. The molecule has 0 spiro atoms. The molecule has 2 heterocycles. The quantitative estimate of drug-likeness (QED) is 0.0676. The second-order valence-corrected chi connectivity index (χ2v) is 9.70. The lowest BCUT2D eigenvalue weighted by Gasteiger charge is -2.08. The van der Waals surface area contributed by atoms with Gasteiger partial charge >= 0.3 is 5.97 Å². The SMILES string of the molecule is CCCCCCC(=NC)c1cn(-c2ccc(/C(=N/OC(C)=O)c3ccco3)cc2)c2ccc(SC)cc12. The van der Waals surface area contributed by atoms with E-state index in [1.54, 1.807) is 30.2 Å². The molecule has 192 valence electrons. The van der Waals surface area contributed by atoms with Crippen LogP contribution in [0, 0.1) is 0 Å². The van der Waals surface area contributed by atoms with Gasteiger partial charge in [-0.25, -0.2) is 4.79 Å². The van der Waals surface area contributed by atoms with Crippen molar-refractivity contribution < 1.29 is 14.0 Å². The van der Waals surface area contributed by atoms with Gasteiger partial charge in [0.05, 0.1) is 11.8 Å². The van der Waals surface area contributed by atoms with Crippen molar-refractivity contribution in [1.29, 1.82) is 0 Å². The van der Waals surface area contributed by atoms with E-state index in [1.165, 1.54) is 42.0 Å². The Kier molecular flexibility index (Phi) is 9.01. The number of aliphatic imine (C=N–C) groups is 1. The van der Waals surface area contributed by atoms with E-state index in [2.05, 4.69) is 47.3 Å². The van der Waals surface area contributed by atoms with Crippen LogP contribution < -0.4 is 0 Å². The van der Waals surface area contributed by atoms with Crippen LogP contribution in [0.4, 0.5) is 0 Å². The van der Waals surface area contributed by atoms with Crippen molar-refractivity contribution in [2.24, 2.45) is 10.1 Å². The van der Waals surface area contributed by atoms with Gasteiger partial charge in [-0.15, -0.1) is 11.8 Å². The number of fused-ring (bicyclic) bond motifs is 1. The number of hydrogen-bond acceptors (Lipinski definition) is 6. The Bertz CT molecular complexity index is 1400. The lowest BCUT2D eigenvalue weighted by atomic mass is 10.0. The number of furan rings is 1. The summed E-state index contributed by atoms with van der Waals surface area (Å²) in [7, 11) is 1.89. The lowest BCUT2D eigenvalue weighted by Crippen LogP contribution is -2.05. The second kappa shape index (κ2) is 12.6. The summed E-state index contributed by atoms with van der Waals surface area (Å²) in [5, 5.41) is 5.24. The molecule has 0 aliphatic carbocycles. The Labute approximate surface area is 222 Å². The van der Waals surface area contributed by atoms with Crippen LogP contribution in [-0.4, -0.2) is 35.3 Å². The van der Waals surface area contributed by atoms with Crippen molar-refractivity contribution in [2.75, 3.05) is 13.3 Å². The van der Waals surface area contributed by atoms with Gasteiger partial charge in [-0.3, -0.25) is 4.99 Å². The molecule has 0 bridgehead atoms. The van der Waals surface area contributed by atoms with E-state index in [0.29, 0.717) is 11.5 Å². The molecule has 0 aliphatic rings. The van der Waals surface area contributed by atoms with Gasteiger partial charge < -0.3 is 13.8 Å². The third kappa shape index (κ3) is 6.23. The topological polar surface area (TPSA) is 69.1 Å². The molecule has 7 heteroatoms. The van der Waals surface area contributed by atoms with Gasteiger partial charge in [0, 0.05) is 53.0 Å². The maximum atomic E-state index is 11.4. The summed E-state index contributed by atoms with van der Waals surface area (Å²) >= 11 is 1.74. The molecule has 0 N–H and O–H groups in total. The molecule has 0 atom stereocenters. The number of oxime groups is 1. The fourth-order valence-electron chi connectivity index (χ4n) is 4.41. The van der Waals surface area contributed by atoms with Crippen LogP contribution in [0.3, 0.4) is 0 Å². The zero-order valence-electron chi connectivity index (χ0n) is 21.9. The monoisotopic (exact) mass is 515 g/mol. The minimum Gasteiger partial charge on any atom is -0.463 e. The molecule has 0 aliphatic heterocycles. The van der Waals surface area contributed by atoms with Crippen molar-refractivity contribution in [3.8, 4) is 5.69 Å². The minimum atomic E-state index is -0.486. The highest BCUT2D eigenvalue weighted by Gasteiger charge is 2.16. The molecule has 0 saturated carbocycles. The van der Waals surface area contributed by atoms with Crippen molar-refractivity contribution in [3.05, 3.63) is 83.9 Å². The number of benzene rings is 2. The molecule has 0 radical (unpaired) electrons. The number of carbonyl (C=O) groups is 1. The minimum absolute atomic E-state index is 0.460. The molecule has 37 heavy (non-hydrogen) atoms. The van der Waals surface area contributed by atoms with Gasteiger partial charge in [0.15, 0.2) is 11.5 Å². The molecular weight excluding hydrogens is 482 g/mol. The van der Waals surface area contributed by atoms with Gasteiger partial charge in [0.25, 0.3) is 0 Å². The van der Waals surface area contributed by atoms with Gasteiger partial charge in [0.2, 0.25) is 0 Å². The highest BCUT2D eigenvalue weighted by atomic mass is 32.2. The Hall–Kier alpha value is -3.58. The van der Waals surface area contributed by atoms with Crippen LogP contribution in [0.2, 0.25) is 0 Å². The van der Waals surface area contributed by atoms with E-state index in [1.807, 2.05) is 31.3 Å². The lowest BCUT2D eigenvalue weighted by molar-refractivity contribution is -0.140. The van der Waals surface area contributed by atoms with E-state index < -0.39 is 5.97 Å². The van der Waals surface area contributed by atoms with E-state index in [-0.39, 0.29) is 0 Å². The number of carbonyl (C=O) groups excluding carboxylic acids is 1. The molecule has 0 amide bonds. The average Bonchev–Trinajstić information content (AvgIpc) is 3.58. The van der Waals surface area contributed by atoms with Crippen LogP contribution >= 0.6 is 11.8 Å². The summed E-state index contributed by atoms with van der Waals surface area (Å²) in [4.78, 5) is 22.2. The molecule has 0 unspecified atom stereocenters. The summed E-state index contributed by atoms with van der Waals surface area (Å²) in [5.41, 5.74) is 5.72. The fraction of sp³-hybridized carbons (Fsp3) is 0.300. The van der Waals surface area contributed by atoms with Gasteiger partial charge in [-0.1, -0.05) is 43.5 Å². The van der Waals surface area contributed by atoms with Crippen molar-refractivity contribution >= 4 is 40.1 Å². The van der Waals surface area contributed by atoms with Gasteiger partial charge in [-0.2, -0.15) is 0 Å². The molecule has 0 fully saturated rings. The standard InChI is InChI=1S/C30H33N3O3S/c1-5-6-7-8-10-27(31-3)26-20-33(28-17-16-24(37-4)19-25(26)28)23-14-12-22(13-15-23)30(32-36-21(2)34)29-11-9-18-35-29/h9,11-20H,5-8,10H2,1-4H3/b31-27?,32-30-. The summed E-state index contributed by atoms with van der Waals surface area (Å²) in [6.07, 6.45) is 11.7. The summed E-state index contributed by atoms with van der Waals surface area (Å²) in [6, 6.07) is 18.2. The summed E-state index contributed by atoms with van der Waals surface area (Å²) in [5.74, 6) is 0.0406. The third-order valence-corrected chi connectivity index (χ3v) is 7.02. The smallest absolute Gasteiger partial charge is 0.332 e. The van der Waals surface area contributed by atoms with E-state index in [0.717, 1.165) is 35.3 Å². The second-order valence-electron chi connectivity index (χ2n) is 8.82. The number of hydrogen-bond donors (Lipinski definition) is 0. The number of nitrogens with zero attached hydrogens (tertiary/aromatic N) is 3. The number of unbranched alkanes of at least 4 members (excludes halogenated alkanes) is 3. The Morgan fingerprint density at radius 1 is 1.08 bits per heavy atom. The first-order chi connectivity index (χ1) is 18.0. The Balaban J connectivity index is 1.73. The molecule has 6 nitrogen and oxygen atoms in total. The molecular formula is C30H33N3O3S. The van der Waals surface area contributed by atoms with Crippen LogP contribution in [0.1, 0.15) is 62.8 Å². The highest BCUT2D eigenvalue weighted by molar-refractivity contribution is 7.98. The average molecular weight is 516 g/mol. The maximum Gasteiger partial charge on any atom is 0.332 e. The number of rotatable bonds is 11. The normalized spacial score (nSPS) is 12.3. The third-order valence-electron chi connectivity index (χ3n) is 6.30. The number of aromatic nitrogens is 1. The number of thioether (sulfide) groups is 1. The van der Waals surface area contributed by atoms with Crippen LogP contribution in [-0.2, 0) is 9.63 Å². The molecule has 2 aromatic heterocycles. The van der Waals surface area contributed by atoms with Gasteiger partial charge in [0.1, 0.15) is 0 Å². The highest BCUT2D eigenvalue weighted by Crippen LogP contribution is 2.31. The van der Waals surface area contributed by atoms with Crippen LogP contribution in [0.5, 0.6) is 0 Å². The fourth-order valence-corrected chi connectivity index (χ4v) is 4.85. The summed E-state index contributed by atoms with van der Waals surface area (Å²) < 4.78 is 7.74. The maximum absolute atomic E-state index is 11.4. The zero-order valence-corrected chi connectivity index (χ0v) is 22.7. The van der Waals surface area contributed by atoms with E-state index in [9.17, 15) is 4.79 Å². The first-order valence-corrected chi connectivity index (χ1v) is 13.8. The largest absolute Gasteiger partial charge is 0.463 e. The Morgan fingerprint density at radius 3 is 2.54 bits per heavy atom. The van der Waals surface area contributed by atoms with Gasteiger partial charge in [-0.05, 0) is 61.6 Å². The van der Waals surface area contributed by atoms with E-state index >= 15 is 0 Å². The molecule has 4 rings (SSSR count). The van der Waals surface area contributed by atoms with Crippen molar-refractivity contribution in [1.82, 2.24) is 4.57 Å². The first-order valence-electron chi connectivity index (χ1n) is 12.6. The molecule has 4 aromatic rings. The molecule has 2 aromatic carbocycles. The molecule has 0 saturated heterocycles. The van der Waals surface area contributed by atoms with Crippen molar-refractivity contribution in [2.45, 2.75) is 50.8 Å². The van der Waals surface area contributed by atoms with Crippen LogP contribution in [0.25, 0.3) is 16.6 Å².